The minimum atomic E-state index is 1.09. The Morgan fingerprint density at radius 3 is 0.743 bits per heavy atom. The zero-order valence-corrected chi connectivity index (χ0v) is 63.2. The van der Waals surface area contributed by atoms with Crippen LogP contribution in [-0.4, -0.2) is 4.57 Å². The summed E-state index contributed by atoms with van der Waals surface area (Å²) in [5.41, 5.74) is 32.2. The Balaban J connectivity index is 0.782. The molecular weight excluding hydrogens is 1400 g/mol. The largest absolute Gasteiger partial charge is 0.309 e. The van der Waals surface area contributed by atoms with E-state index in [0.717, 1.165) is 27.8 Å². The summed E-state index contributed by atoms with van der Waals surface area (Å²) in [7, 11) is 0. The molecule has 3 heterocycles. The Hall–Kier alpha value is -14.1. The third-order valence-corrected chi connectivity index (χ3v) is 25.7. The van der Waals surface area contributed by atoms with Gasteiger partial charge in [-0.15, -0.1) is 22.7 Å². The molecule has 0 aliphatic carbocycles. The van der Waals surface area contributed by atoms with Gasteiger partial charge in [0.1, 0.15) is 0 Å². The van der Waals surface area contributed by atoms with Crippen LogP contribution in [0.4, 0.5) is 0 Å². The highest BCUT2D eigenvalue weighted by Gasteiger charge is 2.25. The second-order valence-corrected chi connectivity index (χ2v) is 31.7. The predicted octanol–water partition coefficient (Wildman–Crippen LogP) is 31.8. The number of hydrogen-bond acceptors (Lipinski definition) is 2. The first-order valence-electron chi connectivity index (χ1n) is 38.8. The van der Waals surface area contributed by atoms with Crippen LogP contribution < -0.4 is 0 Å². The van der Waals surface area contributed by atoms with Gasteiger partial charge in [-0.1, -0.05) is 334 Å². The highest BCUT2D eigenvalue weighted by atomic mass is 32.1. The van der Waals surface area contributed by atoms with Gasteiger partial charge in [0, 0.05) is 67.9 Å². The van der Waals surface area contributed by atoms with Gasteiger partial charge in [0.2, 0.25) is 0 Å². The van der Waals surface area contributed by atoms with E-state index in [0.29, 0.717) is 0 Å². The van der Waals surface area contributed by atoms with Crippen LogP contribution in [0.1, 0.15) is 0 Å². The normalized spacial score (nSPS) is 11.7. The van der Waals surface area contributed by atoms with Crippen molar-refractivity contribution in [3.63, 3.8) is 0 Å². The lowest BCUT2D eigenvalue weighted by molar-refractivity contribution is 1.18. The minimum absolute atomic E-state index is 1.09. The first-order chi connectivity index (χ1) is 56.0. The molecule has 0 radical (unpaired) electrons. The number of benzene rings is 19. The molecule has 0 aliphatic heterocycles. The molecule has 0 N–H and O–H groups in total. The summed E-state index contributed by atoms with van der Waals surface area (Å²) in [5.74, 6) is 0. The minimum Gasteiger partial charge on any atom is -0.309 e. The molecule has 0 aliphatic rings. The van der Waals surface area contributed by atoms with Crippen LogP contribution in [0.15, 0.2) is 419 Å². The number of thiophene rings is 2. The number of fused-ring (bicyclic) bond motifs is 11. The van der Waals surface area contributed by atoms with Gasteiger partial charge in [-0.05, 0) is 229 Å². The van der Waals surface area contributed by atoms with Crippen LogP contribution >= 0.6 is 22.7 Å². The van der Waals surface area contributed by atoms with Gasteiger partial charge in [-0.3, -0.25) is 0 Å². The van der Waals surface area contributed by atoms with Gasteiger partial charge in [-0.25, -0.2) is 0 Å². The Morgan fingerprint density at radius 1 is 0.150 bits per heavy atom. The highest BCUT2D eigenvalue weighted by Crippen LogP contribution is 2.52. The van der Waals surface area contributed by atoms with Crippen molar-refractivity contribution in [3.8, 4) is 139 Å². The lowest BCUT2D eigenvalue weighted by atomic mass is 9.86. The maximum absolute atomic E-state index is 2.52. The van der Waals surface area contributed by atoms with Crippen molar-refractivity contribution < 1.29 is 0 Å². The predicted molar refractivity (Wildman–Crippen MR) is 487 cm³/mol. The Morgan fingerprint density at radius 2 is 0.398 bits per heavy atom. The van der Waals surface area contributed by atoms with Crippen LogP contribution in [0.25, 0.3) is 223 Å². The molecule has 3 heteroatoms. The third kappa shape index (κ3) is 11.3. The molecule has 19 aromatic carbocycles. The molecule has 0 amide bonds. The molecule has 0 saturated carbocycles. The standard InChI is InChI=1S/C110H69NS2/c1-6-28-70(29-7-1)83-38-16-20-42-87(83)76-54-60-105-99(64-76)101-68-80(89-44-22-18-40-85(89)72-32-10-3-11-33-72)66-95(109(101)112-105)78-52-58-103-97(62-78)98-63-79(53-59-104(98)111(103)82-56-50-75(51-57-82)108-93-48-26-24-46-91(93)107(74-36-14-5-15-37-74)92-47-25-27-49-94(92)108)96-67-81(90-45-23-19-41-86(90)73-34-12-4-13-35-73)69-102-100-65-77(55-61-106(100)113-110(96)102)88-43-21-17-39-84(88)71-30-8-2-9-31-71/h1-69H. The van der Waals surface area contributed by atoms with E-state index in [1.807, 2.05) is 22.7 Å². The average molecular weight is 1470 g/mol. The SMILES string of the molecule is c1ccc(-c2ccccc2-c2ccc3sc4c(-c5ccc6c(c5)c5cc(-c7cc(-c8ccccc8-c8ccccc8)cc8c7sc7ccc(-c9ccccc9-c9ccccc9)cc78)ccc5n6-c5ccc(-c6c7ccccc7c(-c7ccccc7)c7ccccc67)cc5)cc(-c5ccccc5-c5ccccc5)cc4c3c2)cc1. The molecule has 0 bridgehead atoms. The smallest absolute Gasteiger partial charge is 0.0541 e. The van der Waals surface area contributed by atoms with E-state index < -0.39 is 0 Å². The molecule has 526 valence electrons. The zero-order valence-electron chi connectivity index (χ0n) is 61.6. The summed E-state index contributed by atoms with van der Waals surface area (Å²) in [6, 6.07) is 156. The van der Waals surface area contributed by atoms with E-state index in [4.69, 9.17) is 0 Å². The first kappa shape index (κ1) is 66.0. The fourth-order valence-corrected chi connectivity index (χ4v) is 20.4. The van der Waals surface area contributed by atoms with Crippen LogP contribution in [0.2, 0.25) is 0 Å². The highest BCUT2D eigenvalue weighted by molar-refractivity contribution is 7.26. The maximum Gasteiger partial charge on any atom is 0.0541 e. The van der Waals surface area contributed by atoms with Gasteiger partial charge < -0.3 is 4.57 Å². The van der Waals surface area contributed by atoms with Crippen LogP contribution in [-0.2, 0) is 0 Å². The molecule has 3 aromatic heterocycles. The molecular formula is C110H69NS2. The fourth-order valence-electron chi connectivity index (χ4n) is 18.0. The lowest BCUT2D eigenvalue weighted by Crippen LogP contribution is -1.95. The average Bonchev–Trinajstić information content (AvgIpc) is 1.46. The fraction of sp³-hybridized carbons (Fsp3) is 0. The molecule has 0 atom stereocenters. The Kier molecular flexibility index (Phi) is 16.1. The molecule has 0 saturated heterocycles. The number of aromatic nitrogens is 1. The van der Waals surface area contributed by atoms with Crippen molar-refractivity contribution in [2.45, 2.75) is 0 Å². The molecule has 22 rings (SSSR count). The zero-order chi connectivity index (χ0) is 74.5. The van der Waals surface area contributed by atoms with Crippen LogP contribution in [0, 0.1) is 0 Å². The number of rotatable bonds is 13. The number of nitrogens with zero attached hydrogens (tertiary/aromatic N) is 1. The van der Waals surface area contributed by atoms with Crippen molar-refractivity contribution >= 4 is 106 Å². The first-order valence-corrected chi connectivity index (χ1v) is 40.5. The van der Waals surface area contributed by atoms with Crippen molar-refractivity contribution in [2.24, 2.45) is 0 Å². The topological polar surface area (TPSA) is 4.93 Å². The van der Waals surface area contributed by atoms with Crippen molar-refractivity contribution in [3.05, 3.63) is 419 Å². The van der Waals surface area contributed by atoms with Crippen molar-refractivity contribution in [2.75, 3.05) is 0 Å². The second-order valence-electron chi connectivity index (χ2n) is 29.6. The monoisotopic (exact) mass is 1470 g/mol. The van der Waals surface area contributed by atoms with E-state index >= 15 is 0 Å². The van der Waals surface area contributed by atoms with E-state index in [-0.39, 0.29) is 0 Å². The maximum atomic E-state index is 2.52. The van der Waals surface area contributed by atoms with Gasteiger partial charge in [-0.2, -0.15) is 0 Å². The molecule has 0 unspecified atom stereocenters. The molecule has 0 spiro atoms. The molecule has 113 heavy (non-hydrogen) atoms. The summed E-state index contributed by atoms with van der Waals surface area (Å²) in [6.07, 6.45) is 0. The summed E-state index contributed by atoms with van der Waals surface area (Å²) >= 11 is 3.80. The lowest BCUT2D eigenvalue weighted by Gasteiger charge is -2.18. The third-order valence-electron chi connectivity index (χ3n) is 23.2. The molecule has 0 fully saturated rings. The van der Waals surface area contributed by atoms with Gasteiger partial charge in [0.25, 0.3) is 0 Å². The number of hydrogen-bond donors (Lipinski definition) is 0. The Bertz CT molecular complexity index is 7090. The van der Waals surface area contributed by atoms with Crippen molar-refractivity contribution in [1.29, 1.82) is 0 Å². The van der Waals surface area contributed by atoms with E-state index in [1.54, 1.807) is 0 Å². The van der Waals surface area contributed by atoms with E-state index in [1.165, 1.54) is 195 Å². The molecule has 22 aromatic rings. The van der Waals surface area contributed by atoms with Gasteiger partial charge >= 0.3 is 0 Å². The Labute approximate surface area is 663 Å². The summed E-state index contributed by atoms with van der Waals surface area (Å²) < 4.78 is 7.55. The summed E-state index contributed by atoms with van der Waals surface area (Å²) in [6.45, 7) is 0. The van der Waals surface area contributed by atoms with Crippen LogP contribution in [0.5, 0.6) is 0 Å². The quantitative estimate of drug-likeness (QED) is 0.101. The van der Waals surface area contributed by atoms with E-state index in [2.05, 4.69) is 423 Å². The van der Waals surface area contributed by atoms with E-state index in [9.17, 15) is 0 Å². The molecule has 1 nitrogen and oxygen atoms in total. The van der Waals surface area contributed by atoms with Crippen molar-refractivity contribution in [1.82, 2.24) is 4.57 Å². The summed E-state index contributed by atoms with van der Waals surface area (Å²) in [5, 5.41) is 12.3. The summed E-state index contributed by atoms with van der Waals surface area (Å²) in [4.78, 5) is 0. The second kappa shape index (κ2) is 27.5. The van der Waals surface area contributed by atoms with Gasteiger partial charge in [0.05, 0.1) is 11.0 Å². The van der Waals surface area contributed by atoms with Crippen LogP contribution in [0.3, 0.4) is 0 Å². The van der Waals surface area contributed by atoms with Gasteiger partial charge in [0.15, 0.2) is 0 Å².